The van der Waals surface area contributed by atoms with Gasteiger partial charge in [0.15, 0.2) is 0 Å². The van der Waals surface area contributed by atoms with Crippen LogP contribution in [0.1, 0.15) is 84.8 Å². The average Bonchev–Trinajstić information content (AvgIpc) is 2.93. The highest BCUT2D eigenvalue weighted by Gasteiger charge is 2.25. The fourth-order valence-corrected chi connectivity index (χ4v) is 5.69. The summed E-state index contributed by atoms with van der Waals surface area (Å²) >= 11 is 0. The van der Waals surface area contributed by atoms with E-state index in [2.05, 4.69) is 31.2 Å². The number of carboxylic acid groups (broad SMARTS) is 1. The number of aromatic carboxylic acids is 1. The first kappa shape index (κ1) is 28.5. The molecule has 0 saturated carbocycles. The van der Waals surface area contributed by atoms with Crippen molar-refractivity contribution in [2.45, 2.75) is 70.6 Å². The van der Waals surface area contributed by atoms with Crippen LogP contribution in [0.5, 0.6) is 5.75 Å². The molecule has 0 aliphatic heterocycles. The van der Waals surface area contributed by atoms with Gasteiger partial charge in [-0.05, 0) is 116 Å². The standard InChI is InChI=1S/C34H39FO4/c1-24(26-13-15-27(16-14-26)34(37)38)6-4-10-33(36)30-12-11-25(22-28-8-2-3-9-29(28)23-30)7-5-21-39-32-19-17-31(35)18-20-32/h2-3,8-9,13-20,24-25,30H,4-7,10-12,21-23H2,1H3,(H,37,38). The van der Waals surface area contributed by atoms with E-state index >= 15 is 0 Å². The van der Waals surface area contributed by atoms with E-state index in [0.717, 1.165) is 56.9 Å². The molecule has 4 rings (SSSR count). The zero-order valence-corrected chi connectivity index (χ0v) is 22.8. The third kappa shape index (κ3) is 8.51. The molecule has 3 aromatic rings. The Kier molecular flexibility index (Phi) is 10.3. The summed E-state index contributed by atoms with van der Waals surface area (Å²) in [5, 5.41) is 9.11. The molecule has 3 aromatic carbocycles. The summed E-state index contributed by atoms with van der Waals surface area (Å²) < 4.78 is 18.9. The lowest BCUT2D eigenvalue weighted by atomic mass is 9.78. The Hall–Kier alpha value is -3.47. The van der Waals surface area contributed by atoms with Crippen LogP contribution in [0.15, 0.2) is 72.8 Å². The Morgan fingerprint density at radius 2 is 1.62 bits per heavy atom. The molecule has 0 saturated heterocycles. The third-order valence-corrected chi connectivity index (χ3v) is 8.10. The molecule has 0 heterocycles. The van der Waals surface area contributed by atoms with E-state index < -0.39 is 5.97 Å². The van der Waals surface area contributed by atoms with Gasteiger partial charge in [-0.2, -0.15) is 0 Å². The molecular weight excluding hydrogens is 491 g/mol. The maximum atomic E-state index is 13.3. The topological polar surface area (TPSA) is 63.6 Å². The molecule has 5 heteroatoms. The zero-order chi connectivity index (χ0) is 27.6. The highest BCUT2D eigenvalue weighted by atomic mass is 19.1. The van der Waals surface area contributed by atoms with Gasteiger partial charge in [-0.15, -0.1) is 0 Å². The number of ether oxygens (including phenoxy) is 1. The van der Waals surface area contributed by atoms with Crippen molar-refractivity contribution in [3.8, 4) is 5.75 Å². The van der Waals surface area contributed by atoms with Crippen molar-refractivity contribution in [1.82, 2.24) is 0 Å². The van der Waals surface area contributed by atoms with Crippen LogP contribution in [0.4, 0.5) is 4.39 Å². The second-order valence-electron chi connectivity index (χ2n) is 10.9. The van der Waals surface area contributed by atoms with Crippen LogP contribution in [0.3, 0.4) is 0 Å². The lowest BCUT2D eigenvalue weighted by molar-refractivity contribution is -0.123. The van der Waals surface area contributed by atoms with Crippen molar-refractivity contribution in [2.24, 2.45) is 11.8 Å². The summed E-state index contributed by atoms with van der Waals surface area (Å²) in [6.07, 6.45) is 8.09. The Morgan fingerprint density at radius 3 is 2.31 bits per heavy atom. The largest absolute Gasteiger partial charge is 0.494 e. The number of halogens is 1. The highest BCUT2D eigenvalue weighted by molar-refractivity contribution is 5.87. The van der Waals surface area contributed by atoms with Gasteiger partial charge in [-0.3, -0.25) is 4.79 Å². The van der Waals surface area contributed by atoms with Crippen LogP contribution in [-0.2, 0) is 17.6 Å². The number of hydrogen-bond acceptors (Lipinski definition) is 3. The van der Waals surface area contributed by atoms with Crippen molar-refractivity contribution in [2.75, 3.05) is 6.61 Å². The second-order valence-corrected chi connectivity index (χ2v) is 10.9. The third-order valence-electron chi connectivity index (χ3n) is 8.10. The smallest absolute Gasteiger partial charge is 0.335 e. The molecule has 0 spiro atoms. The number of fused-ring (bicyclic) bond motifs is 1. The van der Waals surface area contributed by atoms with E-state index in [0.29, 0.717) is 36.0 Å². The van der Waals surface area contributed by atoms with E-state index in [1.807, 2.05) is 12.1 Å². The molecule has 4 nitrogen and oxygen atoms in total. The normalized spacial score (nSPS) is 17.9. The molecule has 3 atom stereocenters. The number of Topliss-reactive ketones (excluding diaryl/α,β-unsaturated/α-hetero) is 1. The molecule has 1 aliphatic carbocycles. The first-order valence-electron chi connectivity index (χ1n) is 14.2. The number of rotatable bonds is 12. The molecule has 0 fully saturated rings. The SMILES string of the molecule is CC(CCCC(=O)C1CCC(CCCOc2ccc(F)cc2)Cc2ccccc2C1)c1ccc(C(=O)O)cc1. The van der Waals surface area contributed by atoms with Crippen LogP contribution in [0.25, 0.3) is 0 Å². The van der Waals surface area contributed by atoms with Gasteiger partial charge >= 0.3 is 5.97 Å². The Labute approximate surface area is 231 Å². The number of carbonyl (C=O) groups is 2. The zero-order valence-electron chi connectivity index (χ0n) is 22.8. The van der Waals surface area contributed by atoms with Crippen LogP contribution < -0.4 is 4.74 Å². The minimum atomic E-state index is -0.916. The molecule has 0 bridgehead atoms. The summed E-state index contributed by atoms with van der Waals surface area (Å²) in [6, 6.07) is 21.8. The molecule has 0 amide bonds. The molecule has 0 aromatic heterocycles. The number of benzene rings is 3. The number of carboxylic acids is 1. The van der Waals surface area contributed by atoms with Gasteiger partial charge in [0.2, 0.25) is 0 Å². The Balaban J connectivity index is 1.28. The first-order valence-corrected chi connectivity index (χ1v) is 14.2. The van der Waals surface area contributed by atoms with Gasteiger partial charge in [0.1, 0.15) is 17.3 Å². The number of hydrogen-bond donors (Lipinski definition) is 1. The summed E-state index contributed by atoms with van der Waals surface area (Å²) in [5.41, 5.74) is 4.07. The molecule has 0 radical (unpaired) electrons. The van der Waals surface area contributed by atoms with Crippen molar-refractivity contribution in [3.05, 3.63) is 101 Å². The van der Waals surface area contributed by atoms with Gasteiger partial charge in [0, 0.05) is 12.3 Å². The fourth-order valence-electron chi connectivity index (χ4n) is 5.69. The van der Waals surface area contributed by atoms with Gasteiger partial charge in [0.25, 0.3) is 0 Å². The van der Waals surface area contributed by atoms with Crippen molar-refractivity contribution >= 4 is 11.8 Å². The maximum absolute atomic E-state index is 13.3. The van der Waals surface area contributed by atoms with Crippen LogP contribution >= 0.6 is 0 Å². The van der Waals surface area contributed by atoms with E-state index in [1.165, 1.54) is 23.3 Å². The predicted molar refractivity (Wildman–Crippen MR) is 152 cm³/mol. The van der Waals surface area contributed by atoms with Gasteiger partial charge in [0.05, 0.1) is 12.2 Å². The number of carbonyl (C=O) groups excluding carboxylic acids is 1. The predicted octanol–water partition coefficient (Wildman–Crippen LogP) is 8.04. The summed E-state index contributed by atoms with van der Waals surface area (Å²) in [4.78, 5) is 24.4. The molecule has 39 heavy (non-hydrogen) atoms. The minimum absolute atomic E-state index is 0.0505. The van der Waals surface area contributed by atoms with Crippen molar-refractivity contribution in [3.63, 3.8) is 0 Å². The summed E-state index contributed by atoms with van der Waals surface area (Å²) in [5.74, 6) is 0.708. The average molecular weight is 531 g/mol. The fraction of sp³-hybridized carbons (Fsp3) is 0.412. The lowest BCUT2D eigenvalue weighted by Gasteiger charge is -2.26. The molecule has 206 valence electrons. The van der Waals surface area contributed by atoms with Crippen LogP contribution in [0.2, 0.25) is 0 Å². The Morgan fingerprint density at radius 1 is 0.923 bits per heavy atom. The highest BCUT2D eigenvalue weighted by Crippen LogP contribution is 2.31. The lowest BCUT2D eigenvalue weighted by Crippen LogP contribution is -2.23. The van der Waals surface area contributed by atoms with E-state index in [1.54, 1.807) is 24.3 Å². The maximum Gasteiger partial charge on any atom is 0.335 e. The summed E-state index contributed by atoms with van der Waals surface area (Å²) in [7, 11) is 0. The van der Waals surface area contributed by atoms with Crippen LogP contribution in [-0.4, -0.2) is 23.5 Å². The van der Waals surface area contributed by atoms with Crippen molar-refractivity contribution in [1.29, 1.82) is 0 Å². The molecule has 3 unspecified atom stereocenters. The van der Waals surface area contributed by atoms with Crippen molar-refractivity contribution < 1.29 is 23.8 Å². The van der Waals surface area contributed by atoms with E-state index in [9.17, 15) is 14.0 Å². The van der Waals surface area contributed by atoms with Gasteiger partial charge in [-0.1, -0.05) is 43.3 Å². The molecular formula is C34H39FO4. The minimum Gasteiger partial charge on any atom is -0.494 e. The quantitative estimate of drug-likeness (QED) is 0.241. The van der Waals surface area contributed by atoms with E-state index in [-0.39, 0.29) is 17.7 Å². The monoisotopic (exact) mass is 530 g/mol. The Bertz CT molecular complexity index is 1220. The van der Waals surface area contributed by atoms with Gasteiger partial charge < -0.3 is 9.84 Å². The molecule has 1 aliphatic rings. The summed E-state index contributed by atoms with van der Waals surface area (Å²) in [6.45, 7) is 2.74. The van der Waals surface area contributed by atoms with Crippen LogP contribution in [0, 0.1) is 17.7 Å². The second kappa shape index (κ2) is 14.1. The van der Waals surface area contributed by atoms with Gasteiger partial charge in [-0.25, -0.2) is 9.18 Å². The van der Waals surface area contributed by atoms with E-state index in [4.69, 9.17) is 9.84 Å². The number of ketones is 1. The first-order chi connectivity index (χ1) is 18.9. The molecule has 1 N–H and O–H groups in total.